The summed E-state index contributed by atoms with van der Waals surface area (Å²) in [6.45, 7) is 1.13. The molecule has 270 valence electrons. The van der Waals surface area contributed by atoms with Gasteiger partial charge in [-0.3, -0.25) is 23.2 Å². The van der Waals surface area contributed by atoms with Crippen molar-refractivity contribution in [2.75, 3.05) is 28.0 Å². The zero-order valence-corrected chi connectivity index (χ0v) is 29.5. The highest BCUT2D eigenvalue weighted by molar-refractivity contribution is 7.90. The Hall–Kier alpha value is -4.35. The van der Waals surface area contributed by atoms with Crippen molar-refractivity contribution < 1.29 is 62.0 Å². The number of nitrogen functional groups attached to an aromatic ring is 1. The van der Waals surface area contributed by atoms with Crippen LogP contribution in [0.5, 0.6) is 5.75 Å². The van der Waals surface area contributed by atoms with Gasteiger partial charge in [-0.15, -0.1) is 11.6 Å². The summed E-state index contributed by atoms with van der Waals surface area (Å²) in [5.41, 5.74) is 6.07. The zero-order valence-electron chi connectivity index (χ0n) is 25.4. The number of carbonyl (C=O) groups excluding carboxylic acids is 2. The Bertz CT molecular complexity index is 2430. The lowest BCUT2D eigenvalue weighted by Gasteiger charge is -2.12. The molecule has 0 aliphatic rings. The van der Waals surface area contributed by atoms with E-state index in [0.29, 0.717) is 5.56 Å². The molecule has 17 nitrogen and oxygen atoms in total. The Labute approximate surface area is 291 Å². The van der Waals surface area contributed by atoms with E-state index in [4.69, 9.17) is 31.0 Å². The minimum atomic E-state index is -4.66. The van der Waals surface area contributed by atoms with Crippen LogP contribution in [0, 0.1) is 0 Å². The molecule has 0 saturated carbocycles. The molecule has 8 N–H and O–H groups in total. The summed E-state index contributed by atoms with van der Waals surface area (Å²) in [5.74, 6) is -2.14. The molecule has 0 aromatic heterocycles. The molecule has 0 fully saturated rings. The fraction of sp³-hybridized carbons (Fsp3) is 0.143. The highest BCUT2D eigenvalue weighted by Crippen LogP contribution is 2.36. The van der Waals surface area contributed by atoms with Crippen molar-refractivity contribution in [3.63, 3.8) is 0 Å². The predicted octanol–water partition coefficient (Wildman–Crippen LogP) is 2.92. The maximum absolute atomic E-state index is 12.4. The van der Waals surface area contributed by atoms with Gasteiger partial charge in [0, 0.05) is 35.5 Å². The smallest absolute Gasteiger partial charge is 0.296 e. The van der Waals surface area contributed by atoms with Crippen LogP contribution in [-0.2, 0) is 50.7 Å². The van der Waals surface area contributed by atoms with E-state index in [9.17, 15) is 48.4 Å². The van der Waals surface area contributed by atoms with Gasteiger partial charge in [-0.1, -0.05) is 12.1 Å². The Morgan fingerprint density at radius 1 is 0.780 bits per heavy atom. The number of nitrogens with one attached hydrogen (secondary N) is 2. The number of anilines is 3. The van der Waals surface area contributed by atoms with Gasteiger partial charge < -0.3 is 21.5 Å². The van der Waals surface area contributed by atoms with Crippen LogP contribution in [0.3, 0.4) is 0 Å². The fourth-order valence-corrected chi connectivity index (χ4v) is 7.78. The Morgan fingerprint density at radius 3 is 1.90 bits per heavy atom. The third kappa shape index (κ3) is 10.8. The van der Waals surface area contributed by atoms with Crippen molar-refractivity contribution in [1.29, 1.82) is 0 Å². The number of sulfone groups is 1. The average molecular weight is 794 g/mol. The first-order chi connectivity index (χ1) is 22.9. The number of amides is 2. The van der Waals surface area contributed by atoms with Crippen LogP contribution < -0.4 is 16.4 Å². The molecule has 0 saturated heterocycles. The molecule has 0 atom stereocenters. The number of halogens is 1. The number of aromatic hydroxyl groups is 1. The third-order valence-electron chi connectivity index (χ3n) is 6.39. The second-order valence-corrected chi connectivity index (χ2v) is 17.1. The summed E-state index contributed by atoms with van der Waals surface area (Å²) in [6, 6.07) is 13.0. The first-order valence-corrected chi connectivity index (χ1v) is 20.2. The van der Waals surface area contributed by atoms with Crippen molar-refractivity contribution in [1.82, 2.24) is 0 Å². The van der Waals surface area contributed by atoms with E-state index in [1.165, 1.54) is 24.3 Å². The van der Waals surface area contributed by atoms with E-state index >= 15 is 0 Å². The quantitative estimate of drug-likeness (QED) is 0.0690. The molecule has 4 rings (SSSR count). The van der Waals surface area contributed by atoms with Gasteiger partial charge in [0.2, 0.25) is 5.91 Å². The van der Waals surface area contributed by atoms with Crippen LogP contribution in [0.15, 0.2) is 81.4 Å². The molecule has 0 spiro atoms. The van der Waals surface area contributed by atoms with Gasteiger partial charge in [0.1, 0.15) is 10.6 Å². The number of hydrogen-bond donors (Lipinski definition) is 7. The molecule has 50 heavy (non-hydrogen) atoms. The van der Waals surface area contributed by atoms with Crippen molar-refractivity contribution in [2.45, 2.75) is 27.4 Å². The van der Waals surface area contributed by atoms with Gasteiger partial charge in [-0.05, 0) is 59.5 Å². The lowest BCUT2D eigenvalue weighted by molar-refractivity contribution is -0.114. The number of hydrogen-bond acceptors (Lipinski definition) is 12. The molecule has 0 radical (unpaired) electrons. The number of rotatable bonds is 10. The van der Waals surface area contributed by atoms with Crippen LogP contribution in [0.25, 0.3) is 10.8 Å². The minimum absolute atomic E-state index is 0.0104. The first-order valence-electron chi connectivity index (χ1n) is 13.5. The van der Waals surface area contributed by atoms with Crippen molar-refractivity contribution in [3.8, 4) is 5.75 Å². The number of alkyl halides is 1. The maximum atomic E-state index is 12.4. The molecular formula is C28H28ClN3O14S4. The van der Waals surface area contributed by atoms with Gasteiger partial charge in [-0.25, -0.2) is 8.42 Å². The van der Waals surface area contributed by atoms with Gasteiger partial charge in [0.25, 0.3) is 36.3 Å². The largest absolute Gasteiger partial charge is 0.507 e. The second-order valence-electron chi connectivity index (χ2n) is 10.3. The second kappa shape index (κ2) is 15.3. The number of benzene rings is 4. The standard InChI is InChI=1S/C16H17ClN2O6S2.C12H11NO8S2/c17-6-7-26(21,22)10-11-2-1-3-12(8-11)16(20)19-13-4-5-15(14(18)9-13)27(23,24)25;1-6(14)13-10-4-8(22(16,17)18)2-7-3-9(23(19,20)21)5-11(15)12(7)10/h1-5,8-9H,6-7,10,18H2,(H,19,20)(H,23,24,25);2-5,15H,1H3,(H,13,14)(H,16,17,18)(H,19,20,21). The molecule has 4 aromatic carbocycles. The Balaban J connectivity index is 0.000000274. The monoisotopic (exact) mass is 793 g/mol. The Morgan fingerprint density at radius 2 is 1.38 bits per heavy atom. The van der Waals surface area contributed by atoms with Crippen LogP contribution in [0.4, 0.5) is 17.1 Å². The lowest BCUT2D eigenvalue weighted by Crippen LogP contribution is -2.14. The normalized spacial score (nSPS) is 12.1. The summed E-state index contributed by atoms with van der Waals surface area (Å²) in [5, 5.41) is 14.6. The number of nitrogens with two attached hydrogens (primary N) is 1. The molecule has 2 amide bonds. The van der Waals surface area contributed by atoms with Crippen LogP contribution >= 0.6 is 11.6 Å². The van der Waals surface area contributed by atoms with Crippen molar-refractivity contribution in [2.24, 2.45) is 0 Å². The highest BCUT2D eigenvalue weighted by Gasteiger charge is 2.20. The van der Waals surface area contributed by atoms with E-state index in [0.717, 1.165) is 37.3 Å². The van der Waals surface area contributed by atoms with Gasteiger partial charge in [0.05, 0.1) is 32.7 Å². The predicted molar refractivity (Wildman–Crippen MR) is 183 cm³/mol. The zero-order chi connectivity index (χ0) is 37.8. The molecule has 0 heterocycles. The van der Waals surface area contributed by atoms with Crippen molar-refractivity contribution >= 4 is 91.4 Å². The van der Waals surface area contributed by atoms with E-state index in [2.05, 4.69) is 10.6 Å². The minimum Gasteiger partial charge on any atom is -0.507 e. The van der Waals surface area contributed by atoms with E-state index in [1.807, 2.05) is 0 Å². The number of phenolic OH excluding ortho intramolecular Hbond substituents is 1. The lowest BCUT2D eigenvalue weighted by atomic mass is 10.1. The maximum Gasteiger partial charge on any atom is 0.296 e. The molecular weight excluding hydrogens is 766 g/mol. The van der Waals surface area contributed by atoms with Crippen LogP contribution in [0.2, 0.25) is 0 Å². The number of fused-ring (bicyclic) bond motifs is 1. The highest BCUT2D eigenvalue weighted by atomic mass is 35.5. The van der Waals surface area contributed by atoms with Crippen LogP contribution in [0.1, 0.15) is 22.8 Å². The van der Waals surface area contributed by atoms with Gasteiger partial charge in [0.15, 0.2) is 9.84 Å². The van der Waals surface area contributed by atoms with E-state index < -0.39 is 72.4 Å². The molecule has 4 aromatic rings. The van der Waals surface area contributed by atoms with Gasteiger partial charge >= 0.3 is 0 Å². The van der Waals surface area contributed by atoms with Gasteiger partial charge in [-0.2, -0.15) is 25.3 Å². The fourth-order valence-electron chi connectivity index (χ4n) is 4.34. The molecule has 0 aliphatic carbocycles. The molecule has 0 bridgehead atoms. The van der Waals surface area contributed by atoms with E-state index in [-0.39, 0.29) is 50.8 Å². The van der Waals surface area contributed by atoms with Crippen molar-refractivity contribution in [3.05, 3.63) is 77.9 Å². The molecule has 0 aliphatic heterocycles. The van der Waals surface area contributed by atoms with E-state index in [1.54, 1.807) is 12.1 Å². The molecule has 22 heteroatoms. The summed E-state index contributed by atoms with van der Waals surface area (Å²) in [4.78, 5) is 21.8. The summed E-state index contributed by atoms with van der Waals surface area (Å²) in [7, 11) is -17.2. The first kappa shape index (κ1) is 40.1. The number of phenols is 1. The number of carbonyl (C=O) groups is 2. The molecule has 0 unspecified atom stereocenters. The summed E-state index contributed by atoms with van der Waals surface area (Å²) in [6.07, 6.45) is 0. The Kier molecular flexibility index (Phi) is 12.2. The summed E-state index contributed by atoms with van der Waals surface area (Å²) >= 11 is 5.47. The topological polar surface area (TPSA) is 302 Å². The average Bonchev–Trinajstić information content (AvgIpc) is 2.95. The summed E-state index contributed by atoms with van der Waals surface area (Å²) < 4.78 is 118. The third-order valence-corrected chi connectivity index (χ3v) is 11.0. The SMILES string of the molecule is CC(=O)Nc1cc(S(=O)(=O)O)cc2cc(S(=O)(=O)O)cc(O)c12.Nc1cc(NC(=O)c2cccc(CS(=O)(=O)CCCl)c2)ccc1S(=O)(=O)O. The van der Waals surface area contributed by atoms with Crippen LogP contribution in [-0.4, -0.2) is 75.9 Å².